The third-order valence-corrected chi connectivity index (χ3v) is 6.03. The van der Waals surface area contributed by atoms with Crippen LogP contribution in [0, 0.1) is 5.92 Å². The summed E-state index contributed by atoms with van der Waals surface area (Å²) >= 11 is 0. The summed E-state index contributed by atoms with van der Waals surface area (Å²) in [6.45, 7) is 1.66. The van der Waals surface area contributed by atoms with Gasteiger partial charge in [-0.2, -0.15) is 5.10 Å². The number of piperidine rings is 1. The van der Waals surface area contributed by atoms with Crippen LogP contribution in [0.15, 0.2) is 36.7 Å². The molecule has 5 rings (SSSR count). The number of aromatic nitrogens is 5. The molecule has 1 unspecified atom stereocenters. The zero-order valence-electron chi connectivity index (χ0n) is 17.1. The third-order valence-electron chi connectivity index (χ3n) is 6.03. The number of ether oxygens (including phenoxy) is 1. The summed E-state index contributed by atoms with van der Waals surface area (Å²) in [5.41, 5.74) is 2.12. The van der Waals surface area contributed by atoms with E-state index >= 15 is 0 Å². The summed E-state index contributed by atoms with van der Waals surface area (Å²) in [4.78, 5) is 15.3. The molecule has 3 aromatic rings. The number of carbonyl (C=O) groups excluding carboxylic acids is 1. The Hall–Kier alpha value is -3.16. The lowest BCUT2D eigenvalue weighted by Gasteiger charge is -2.34. The number of hydrogen-bond donors (Lipinski definition) is 1. The third kappa shape index (κ3) is 3.69. The second-order valence-corrected chi connectivity index (χ2v) is 8.19. The van der Waals surface area contributed by atoms with E-state index in [1.54, 1.807) is 7.11 Å². The van der Waals surface area contributed by atoms with Crippen molar-refractivity contribution >= 4 is 5.91 Å². The van der Waals surface area contributed by atoms with Gasteiger partial charge in [-0.15, -0.1) is 10.2 Å². The van der Waals surface area contributed by atoms with Crippen molar-refractivity contribution < 1.29 is 9.53 Å². The number of nitrogens with zero attached hydrogens (tertiary/aromatic N) is 5. The van der Waals surface area contributed by atoms with Crippen LogP contribution in [0.3, 0.4) is 0 Å². The van der Waals surface area contributed by atoms with E-state index in [9.17, 15) is 4.79 Å². The maximum absolute atomic E-state index is 13.4. The topological polar surface area (TPSA) is 88.9 Å². The van der Waals surface area contributed by atoms with Crippen molar-refractivity contribution in [3.8, 4) is 17.0 Å². The summed E-state index contributed by atoms with van der Waals surface area (Å²) in [6, 6.07) is 9.44. The van der Waals surface area contributed by atoms with Crippen molar-refractivity contribution in [2.45, 2.75) is 44.7 Å². The van der Waals surface area contributed by atoms with E-state index in [1.165, 1.54) is 12.8 Å². The molecule has 30 heavy (non-hydrogen) atoms. The van der Waals surface area contributed by atoms with Crippen molar-refractivity contribution in [2.75, 3.05) is 13.7 Å². The molecule has 1 saturated heterocycles. The number of nitrogens with one attached hydrogen (secondary N) is 1. The first kappa shape index (κ1) is 18.8. The lowest BCUT2D eigenvalue weighted by atomic mass is 10.0. The number of methoxy groups -OCH3 is 1. The number of carbonyl (C=O) groups is 1. The highest BCUT2D eigenvalue weighted by molar-refractivity contribution is 5.93. The van der Waals surface area contributed by atoms with Crippen LogP contribution in [-0.4, -0.2) is 49.4 Å². The molecular weight excluding hydrogens is 380 g/mol. The van der Waals surface area contributed by atoms with Crippen LogP contribution in [0.2, 0.25) is 0 Å². The van der Waals surface area contributed by atoms with E-state index in [4.69, 9.17) is 4.74 Å². The van der Waals surface area contributed by atoms with Gasteiger partial charge in [0.25, 0.3) is 5.91 Å². The molecule has 1 saturated carbocycles. The second kappa shape index (κ2) is 7.93. The van der Waals surface area contributed by atoms with Crippen LogP contribution in [0.1, 0.15) is 54.5 Å². The molecule has 2 fully saturated rings. The number of H-pyrrole nitrogens is 1. The van der Waals surface area contributed by atoms with Gasteiger partial charge in [-0.05, 0) is 56.2 Å². The van der Waals surface area contributed by atoms with Gasteiger partial charge in [-0.3, -0.25) is 9.89 Å². The quantitative estimate of drug-likeness (QED) is 0.677. The summed E-state index contributed by atoms with van der Waals surface area (Å²) in [5.74, 6) is 2.35. The smallest absolute Gasteiger partial charge is 0.272 e. The predicted octanol–water partition coefficient (Wildman–Crippen LogP) is 3.45. The van der Waals surface area contributed by atoms with Gasteiger partial charge in [0, 0.05) is 18.7 Å². The van der Waals surface area contributed by atoms with E-state index in [0.29, 0.717) is 12.2 Å². The van der Waals surface area contributed by atoms with E-state index in [-0.39, 0.29) is 11.9 Å². The summed E-state index contributed by atoms with van der Waals surface area (Å²) < 4.78 is 7.44. The van der Waals surface area contributed by atoms with Gasteiger partial charge in [0.05, 0.1) is 18.8 Å². The molecule has 0 radical (unpaired) electrons. The van der Waals surface area contributed by atoms with Crippen LogP contribution in [0.25, 0.3) is 11.3 Å². The van der Waals surface area contributed by atoms with Crippen molar-refractivity contribution in [1.82, 2.24) is 29.9 Å². The van der Waals surface area contributed by atoms with Crippen LogP contribution < -0.4 is 4.74 Å². The summed E-state index contributed by atoms with van der Waals surface area (Å²) in [7, 11) is 1.64. The van der Waals surface area contributed by atoms with Gasteiger partial charge in [-0.25, -0.2) is 0 Å². The van der Waals surface area contributed by atoms with Crippen molar-refractivity contribution in [3.63, 3.8) is 0 Å². The molecule has 1 atom stereocenters. The average Bonchev–Trinajstić information content (AvgIpc) is 3.27. The van der Waals surface area contributed by atoms with Crippen LogP contribution >= 0.6 is 0 Å². The zero-order valence-corrected chi connectivity index (χ0v) is 17.1. The SMILES string of the molecule is COc1cccc(-c2cc(C(=O)N3CCCCC3c3nncn3CC3CC3)[nH]n2)c1. The largest absolute Gasteiger partial charge is 0.497 e. The Labute approximate surface area is 175 Å². The number of rotatable bonds is 6. The molecule has 2 aromatic heterocycles. The molecule has 1 N–H and O–H groups in total. The lowest BCUT2D eigenvalue weighted by molar-refractivity contribution is 0.0588. The highest BCUT2D eigenvalue weighted by Crippen LogP contribution is 2.35. The molecule has 8 nitrogen and oxygen atoms in total. The molecular formula is C22H26N6O2. The van der Waals surface area contributed by atoms with Gasteiger partial charge < -0.3 is 14.2 Å². The fourth-order valence-electron chi connectivity index (χ4n) is 4.20. The molecule has 3 heterocycles. The minimum atomic E-state index is -0.0453. The van der Waals surface area contributed by atoms with E-state index < -0.39 is 0 Å². The highest BCUT2D eigenvalue weighted by Gasteiger charge is 2.34. The molecule has 156 valence electrons. The maximum atomic E-state index is 13.4. The lowest BCUT2D eigenvalue weighted by Crippen LogP contribution is -2.40. The Bertz CT molecular complexity index is 1040. The van der Waals surface area contributed by atoms with E-state index in [2.05, 4.69) is 25.0 Å². The normalized spacial score (nSPS) is 19.1. The molecule has 1 aromatic carbocycles. The maximum Gasteiger partial charge on any atom is 0.272 e. The zero-order chi connectivity index (χ0) is 20.5. The first-order valence-electron chi connectivity index (χ1n) is 10.6. The Morgan fingerprint density at radius 3 is 2.97 bits per heavy atom. The Morgan fingerprint density at radius 2 is 2.13 bits per heavy atom. The first-order valence-corrected chi connectivity index (χ1v) is 10.6. The van der Waals surface area contributed by atoms with E-state index in [0.717, 1.165) is 54.6 Å². The number of likely N-dealkylation sites (tertiary alicyclic amines) is 1. The Morgan fingerprint density at radius 1 is 1.23 bits per heavy atom. The number of aromatic amines is 1. The van der Waals surface area contributed by atoms with E-state index in [1.807, 2.05) is 41.6 Å². The highest BCUT2D eigenvalue weighted by atomic mass is 16.5. The van der Waals surface area contributed by atoms with Crippen LogP contribution in [0.5, 0.6) is 5.75 Å². The van der Waals surface area contributed by atoms with Crippen LogP contribution in [0.4, 0.5) is 0 Å². The van der Waals surface area contributed by atoms with Gasteiger partial charge in [0.2, 0.25) is 0 Å². The molecule has 1 aliphatic heterocycles. The molecule has 8 heteroatoms. The molecule has 0 spiro atoms. The first-order chi connectivity index (χ1) is 14.7. The predicted molar refractivity (Wildman–Crippen MR) is 111 cm³/mol. The minimum absolute atomic E-state index is 0.0395. The fourth-order valence-corrected chi connectivity index (χ4v) is 4.20. The monoisotopic (exact) mass is 406 g/mol. The van der Waals surface area contributed by atoms with Gasteiger partial charge in [0.15, 0.2) is 5.82 Å². The minimum Gasteiger partial charge on any atom is -0.497 e. The number of hydrogen-bond acceptors (Lipinski definition) is 5. The van der Waals surface area contributed by atoms with Gasteiger partial charge in [-0.1, -0.05) is 12.1 Å². The standard InChI is InChI=1S/C22H26N6O2/c1-30-17-6-4-5-16(11-17)18-12-19(25-24-18)22(29)28-10-3-2-7-20(28)21-26-23-14-27(21)13-15-8-9-15/h4-6,11-12,14-15,20H,2-3,7-10,13H2,1H3,(H,24,25). The Kier molecular flexibility index (Phi) is 4.98. The number of amides is 1. The second-order valence-electron chi connectivity index (χ2n) is 8.19. The van der Waals surface area contributed by atoms with Gasteiger partial charge in [0.1, 0.15) is 17.8 Å². The molecule has 1 aliphatic carbocycles. The number of benzene rings is 1. The summed E-state index contributed by atoms with van der Waals surface area (Å²) in [5, 5.41) is 15.9. The van der Waals surface area contributed by atoms with Crippen LogP contribution in [-0.2, 0) is 6.54 Å². The molecule has 0 bridgehead atoms. The summed E-state index contributed by atoms with van der Waals surface area (Å²) in [6.07, 6.45) is 7.34. The average molecular weight is 406 g/mol. The Balaban J connectivity index is 1.39. The van der Waals surface area contributed by atoms with Gasteiger partial charge >= 0.3 is 0 Å². The van der Waals surface area contributed by atoms with Crippen molar-refractivity contribution in [1.29, 1.82) is 0 Å². The fraction of sp³-hybridized carbons (Fsp3) is 0.455. The molecule has 2 aliphatic rings. The molecule has 1 amide bonds. The van der Waals surface area contributed by atoms with Crippen molar-refractivity contribution in [2.24, 2.45) is 5.92 Å². The van der Waals surface area contributed by atoms with Crippen molar-refractivity contribution in [3.05, 3.63) is 48.2 Å².